The fraction of sp³-hybridized carbons (Fsp3) is 0.296. The maximum Gasteiger partial charge on any atom is 0.340 e. The van der Waals surface area contributed by atoms with Crippen LogP contribution in [0.25, 0.3) is 21.9 Å². The topological polar surface area (TPSA) is 130 Å². The van der Waals surface area contributed by atoms with E-state index in [1.165, 1.54) is 24.3 Å². The predicted molar refractivity (Wildman–Crippen MR) is 131 cm³/mol. The number of aliphatic carboxylic acids is 1. The molecule has 0 saturated heterocycles. The van der Waals surface area contributed by atoms with Gasteiger partial charge in [-0.15, -0.1) is 0 Å². The van der Waals surface area contributed by atoms with Crippen LogP contribution < -0.4 is 10.9 Å². The predicted octanol–water partition coefficient (Wildman–Crippen LogP) is 4.64. The Morgan fingerprint density at radius 2 is 1.69 bits per heavy atom. The monoisotopic (exact) mass is 477 g/mol. The third-order valence-corrected chi connectivity index (χ3v) is 6.27. The summed E-state index contributed by atoms with van der Waals surface area (Å²) in [7, 11) is 0. The molecule has 1 unspecified atom stereocenters. The Hall–Kier alpha value is -4.07. The lowest BCUT2D eigenvalue weighted by molar-refractivity contribution is -0.142. The highest BCUT2D eigenvalue weighted by Crippen LogP contribution is 2.37. The number of carboxylic acids is 1. The van der Waals surface area contributed by atoms with Gasteiger partial charge in [0.15, 0.2) is 6.04 Å². The molecule has 2 aromatic carbocycles. The lowest BCUT2D eigenvalue weighted by Crippen LogP contribution is -2.35. The molecule has 0 radical (unpaired) electrons. The van der Waals surface area contributed by atoms with E-state index in [0.29, 0.717) is 33.2 Å². The molecule has 2 heterocycles. The maximum atomic E-state index is 12.8. The van der Waals surface area contributed by atoms with Gasteiger partial charge in [0.25, 0.3) is 0 Å². The van der Waals surface area contributed by atoms with Crippen molar-refractivity contribution in [1.29, 1.82) is 0 Å². The molecule has 4 rings (SSSR count). The van der Waals surface area contributed by atoms with Gasteiger partial charge in [-0.3, -0.25) is 4.79 Å². The smallest absolute Gasteiger partial charge is 0.340 e. The molecule has 4 aromatic rings. The summed E-state index contributed by atoms with van der Waals surface area (Å²) in [4.78, 5) is 37.4. The molecule has 0 spiro atoms. The number of carboxylic acid groups (broad SMARTS) is 1. The van der Waals surface area contributed by atoms with Crippen molar-refractivity contribution < 1.29 is 28.6 Å². The zero-order valence-corrected chi connectivity index (χ0v) is 20.2. The van der Waals surface area contributed by atoms with Crippen LogP contribution in [0.3, 0.4) is 0 Å². The molecular weight excluding hydrogens is 450 g/mol. The van der Waals surface area contributed by atoms with E-state index >= 15 is 0 Å². The second kappa shape index (κ2) is 8.61. The van der Waals surface area contributed by atoms with Crippen LogP contribution in [0.15, 0.2) is 50.2 Å². The summed E-state index contributed by atoms with van der Waals surface area (Å²) >= 11 is 0. The lowest BCUT2D eigenvalue weighted by atomic mass is 9.86. The number of amides is 1. The first-order valence-corrected chi connectivity index (χ1v) is 11.2. The molecule has 35 heavy (non-hydrogen) atoms. The molecule has 2 aromatic heterocycles. The van der Waals surface area contributed by atoms with Crippen LogP contribution in [0.2, 0.25) is 0 Å². The van der Waals surface area contributed by atoms with Crippen LogP contribution in [0.1, 0.15) is 54.6 Å². The third kappa shape index (κ3) is 4.39. The van der Waals surface area contributed by atoms with Gasteiger partial charge in [0.1, 0.15) is 16.9 Å². The largest absolute Gasteiger partial charge is 0.508 e. The first-order chi connectivity index (χ1) is 16.4. The summed E-state index contributed by atoms with van der Waals surface area (Å²) in [6.45, 7) is 9.82. The second-order valence-corrected chi connectivity index (χ2v) is 9.75. The minimum Gasteiger partial charge on any atom is -0.508 e. The summed E-state index contributed by atoms with van der Waals surface area (Å²) in [5.74, 6) is -1.93. The lowest BCUT2D eigenvalue weighted by Gasteiger charge is -2.17. The van der Waals surface area contributed by atoms with Crippen molar-refractivity contribution in [3.63, 3.8) is 0 Å². The Balaban J connectivity index is 1.74. The van der Waals surface area contributed by atoms with Crippen molar-refractivity contribution in [2.24, 2.45) is 0 Å². The molecule has 0 aliphatic carbocycles. The number of carbonyl (C=O) groups is 2. The number of carbonyl (C=O) groups excluding carboxylic acids is 1. The molecule has 0 saturated carbocycles. The first kappa shape index (κ1) is 24.1. The Morgan fingerprint density at radius 1 is 1.03 bits per heavy atom. The Kier molecular flexibility index (Phi) is 5.92. The zero-order valence-electron chi connectivity index (χ0n) is 20.2. The van der Waals surface area contributed by atoms with E-state index in [0.717, 1.165) is 10.9 Å². The minimum atomic E-state index is -1.34. The van der Waals surface area contributed by atoms with Gasteiger partial charge in [-0.1, -0.05) is 32.9 Å². The van der Waals surface area contributed by atoms with Gasteiger partial charge >= 0.3 is 11.6 Å². The summed E-state index contributed by atoms with van der Waals surface area (Å²) < 4.78 is 11.4. The molecule has 0 aliphatic heterocycles. The van der Waals surface area contributed by atoms with Crippen molar-refractivity contribution in [2.75, 3.05) is 0 Å². The highest BCUT2D eigenvalue weighted by molar-refractivity contribution is 6.00. The number of nitrogens with one attached hydrogen (secondary N) is 1. The van der Waals surface area contributed by atoms with Crippen LogP contribution in [-0.4, -0.2) is 22.1 Å². The average Bonchev–Trinajstić information content (AvgIpc) is 3.21. The van der Waals surface area contributed by atoms with E-state index in [2.05, 4.69) is 26.1 Å². The molecular formula is C27H27NO7. The maximum absolute atomic E-state index is 12.8. The Morgan fingerprint density at radius 3 is 2.29 bits per heavy atom. The number of phenols is 1. The van der Waals surface area contributed by atoms with Gasteiger partial charge in [0.2, 0.25) is 5.91 Å². The summed E-state index contributed by atoms with van der Waals surface area (Å²) in [6.07, 6.45) is 1.37. The molecule has 182 valence electrons. The highest BCUT2D eigenvalue weighted by Gasteiger charge is 2.26. The SMILES string of the molecule is Cc1c(CC(=O)NC(C(=O)O)c2ccc(O)cc2)c(=O)oc2c(C)c3occ(C(C)(C)C)c3cc12. The van der Waals surface area contributed by atoms with Crippen molar-refractivity contribution in [3.05, 3.63) is 74.8 Å². The van der Waals surface area contributed by atoms with Crippen LogP contribution in [0.4, 0.5) is 0 Å². The number of benzene rings is 2. The molecule has 8 heteroatoms. The number of aryl methyl sites for hydroxylation is 2. The normalized spacial score (nSPS) is 12.7. The molecule has 0 bridgehead atoms. The minimum absolute atomic E-state index is 0.0229. The number of aromatic hydroxyl groups is 1. The van der Waals surface area contributed by atoms with E-state index in [1.807, 2.05) is 13.0 Å². The van der Waals surface area contributed by atoms with E-state index in [1.54, 1.807) is 13.2 Å². The van der Waals surface area contributed by atoms with Crippen molar-refractivity contribution in [3.8, 4) is 5.75 Å². The third-order valence-electron chi connectivity index (χ3n) is 6.27. The Bertz CT molecular complexity index is 1520. The standard InChI is InChI=1S/C27H27NO7/c1-13-17-10-19-20(27(3,4)5)12-34-23(19)14(2)24(17)35-26(33)18(13)11-21(30)28-22(25(31)32)15-6-8-16(29)9-7-15/h6-10,12,22,29H,11H2,1-5H3,(H,28,30)(H,31,32). The van der Waals surface area contributed by atoms with Gasteiger partial charge < -0.3 is 24.4 Å². The van der Waals surface area contributed by atoms with Crippen LogP contribution in [-0.2, 0) is 21.4 Å². The number of fused-ring (bicyclic) bond motifs is 2. The van der Waals surface area contributed by atoms with Crippen molar-refractivity contribution in [1.82, 2.24) is 5.32 Å². The van der Waals surface area contributed by atoms with Crippen LogP contribution >= 0.6 is 0 Å². The first-order valence-electron chi connectivity index (χ1n) is 11.2. The number of hydrogen-bond acceptors (Lipinski definition) is 6. The second-order valence-electron chi connectivity index (χ2n) is 9.75. The molecule has 8 nitrogen and oxygen atoms in total. The average molecular weight is 478 g/mol. The number of furan rings is 1. The number of rotatable bonds is 5. The van der Waals surface area contributed by atoms with Crippen LogP contribution in [0, 0.1) is 13.8 Å². The van der Waals surface area contributed by atoms with Crippen LogP contribution in [0.5, 0.6) is 5.75 Å². The summed E-state index contributed by atoms with van der Waals surface area (Å²) in [5.41, 5.74) is 2.96. The fourth-order valence-corrected chi connectivity index (χ4v) is 4.31. The van der Waals surface area contributed by atoms with Gasteiger partial charge in [-0.05, 0) is 48.6 Å². The summed E-state index contributed by atoms with van der Waals surface area (Å²) in [5, 5.41) is 23.1. The fourth-order valence-electron chi connectivity index (χ4n) is 4.31. The molecule has 1 amide bonds. The molecule has 0 fully saturated rings. The number of hydrogen-bond donors (Lipinski definition) is 3. The zero-order chi connectivity index (χ0) is 25.7. The van der Waals surface area contributed by atoms with Gasteiger partial charge in [-0.2, -0.15) is 0 Å². The van der Waals surface area contributed by atoms with Crippen molar-refractivity contribution >= 4 is 33.8 Å². The van der Waals surface area contributed by atoms with Crippen molar-refractivity contribution in [2.45, 2.75) is 52.5 Å². The molecule has 1 atom stereocenters. The van der Waals surface area contributed by atoms with Gasteiger partial charge in [0, 0.05) is 21.9 Å². The van der Waals surface area contributed by atoms with E-state index in [9.17, 15) is 24.6 Å². The van der Waals surface area contributed by atoms with E-state index in [4.69, 9.17) is 8.83 Å². The van der Waals surface area contributed by atoms with E-state index < -0.39 is 23.5 Å². The number of phenolic OH excluding ortho intramolecular Hbond substituents is 1. The van der Waals surface area contributed by atoms with Gasteiger partial charge in [-0.25, -0.2) is 9.59 Å². The molecule has 0 aliphatic rings. The Labute approximate surface area is 201 Å². The quantitative estimate of drug-likeness (QED) is 0.357. The van der Waals surface area contributed by atoms with Gasteiger partial charge in [0.05, 0.1) is 18.2 Å². The highest BCUT2D eigenvalue weighted by atomic mass is 16.4. The summed E-state index contributed by atoms with van der Waals surface area (Å²) in [6, 6.07) is 6.08. The van der Waals surface area contributed by atoms with E-state index in [-0.39, 0.29) is 23.1 Å². The molecule has 3 N–H and O–H groups in total.